The molecule has 0 amide bonds. The number of guanidine groups is 1. The van der Waals surface area contributed by atoms with Gasteiger partial charge in [-0.3, -0.25) is 4.99 Å². The summed E-state index contributed by atoms with van der Waals surface area (Å²) in [6, 6.07) is 0. The molecule has 0 bridgehead atoms. The zero-order chi connectivity index (χ0) is 15.0. The Morgan fingerprint density at radius 3 is 2.40 bits per heavy atom. The number of nitrogens with one attached hydrogen (secondary N) is 2. The van der Waals surface area contributed by atoms with Gasteiger partial charge in [0.15, 0.2) is 5.96 Å². The molecule has 1 rings (SSSR count). The zero-order valence-corrected chi connectivity index (χ0v) is 13.7. The lowest BCUT2D eigenvalue weighted by Gasteiger charge is -2.29. The molecule has 0 aromatic rings. The van der Waals surface area contributed by atoms with Gasteiger partial charge in [-0.25, -0.2) is 12.7 Å². The maximum absolute atomic E-state index is 11.4. The van der Waals surface area contributed by atoms with E-state index < -0.39 is 10.0 Å². The Balaban J connectivity index is 2.41. The van der Waals surface area contributed by atoms with Crippen molar-refractivity contribution in [2.75, 3.05) is 39.0 Å². The maximum Gasteiger partial charge on any atom is 0.211 e. The van der Waals surface area contributed by atoms with Crippen LogP contribution in [0.4, 0.5) is 0 Å². The first-order valence-corrected chi connectivity index (χ1v) is 9.29. The first kappa shape index (κ1) is 17.2. The number of aliphatic imine (C=N–C) groups is 1. The van der Waals surface area contributed by atoms with Crippen LogP contribution < -0.4 is 10.6 Å². The Labute approximate surface area is 123 Å². The molecule has 0 aliphatic carbocycles. The van der Waals surface area contributed by atoms with Crippen molar-refractivity contribution in [2.24, 2.45) is 10.9 Å². The van der Waals surface area contributed by atoms with Crippen molar-refractivity contribution in [1.29, 1.82) is 0 Å². The lowest BCUT2D eigenvalue weighted by atomic mass is 9.98. The van der Waals surface area contributed by atoms with Crippen molar-refractivity contribution >= 4 is 16.0 Å². The lowest BCUT2D eigenvalue weighted by Crippen LogP contribution is -2.40. The number of piperidine rings is 1. The summed E-state index contributed by atoms with van der Waals surface area (Å²) in [5.41, 5.74) is 0. The van der Waals surface area contributed by atoms with E-state index in [0.717, 1.165) is 44.9 Å². The summed E-state index contributed by atoms with van der Waals surface area (Å²) in [6.07, 6.45) is 4.13. The minimum Gasteiger partial charge on any atom is -0.357 e. The first-order valence-electron chi connectivity index (χ1n) is 7.44. The van der Waals surface area contributed by atoms with Crippen LogP contribution in [0, 0.1) is 5.92 Å². The Morgan fingerprint density at radius 2 is 1.90 bits per heavy atom. The van der Waals surface area contributed by atoms with Gasteiger partial charge in [0.05, 0.1) is 6.26 Å². The van der Waals surface area contributed by atoms with E-state index in [1.807, 2.05) is 6.92 Å². The third-order valence-corrected chi connectivity index (χ3v) is 4.74. The van der Waals surface area contributed by atoms with Crippen LogP contribution >= 0.6 is 0 Å². The Hall–Kier alpha value is -0.820. The van der Waals surface area contributed by atoms with Crippen LogP contribution in [-0.2, 0) is 10.0 Å². The highest BCUT2D eigenvalue weighted by Crippen LogP contribution is 2.19. The van der Waals surface area contributed by atoms with Gasteiger partial charge < -0.3 is 10.6 Å². The number of hydrogen-bond donors (Lipinski definition) is 2. The van der Waals surface area contributed by atoms with Gasteiger partial charge in [-0.1, -0.05) is 6.92 Å². The summed E-state index contributed by atoms with van der Waals surface area (Å²) in [6.45, 7) is 7.94. The van der Waals surface area contributed by atoms with E-state index in [2.05, 4.69) is 22.5 Å². The minimum atomic E-state index is -3.03. The molecule has 1 heterocycles. The van der Waals surface area contributed by atoms with E-state index in [1.54, 1.807) is 4.31 Å². The third kappa shape index (κ3) is 6.09. The maximum atomic E-state index is 11.4. The second kappa shape index (κ2) is 8.46. The van der Waals surface area contributed by atoms with Crippen molar-refractivity contribution in [3.05, 3.63) is 0 Å². The van der Waals surface area contributed by atoms with Gasteiger partial charge in [0.2, 0.25) is 10.0 Å². The highest BCUT2D eigenvalue weighted by Gasteiger charge is 2.24. The van der Waals surface area contributed by atoms with Gasteiger partial charge in [-0.05, 0) is 32.1 Å². The zero-order valence-electron chi connectivity index (χ0n) is 12.9. The van der Waals surface area contributed by atoms with Gasteiger partial charge in [-0.15, -0.1) is 0 Å². The second-order valence-electron chi connectivity index (χ2n) is 5.25. The van der Waals surface area contributed by atoms with Gasteiger partial charge >= 0.3 is 0 Å². The molecular formula is C13H28N4O2S. The molecule has 1 aliphatic heterocycles. The van der Waals surface area contributed by atoms with E-state index in [0.29, 0.717) is 19.0 Å². The fourth-order valence-electron chi connectivity index (χ4n) is 2.23. The van der Waals surface area contributed by atoms with E-state index in [1.165, 1.54) is 6.26 Å². The Morgan fingerprint density at radius 1 is 1.25 bits per heavy atom. The monoisotopic (exact) mass is 304 g/mol. The lowest BCUT2D eigenvalue weighted by molar-refractivity contribution is 0.280. The predicted molar refractivity (Wildman–Crippen MR) is 83.4 cm³/mol. The molecule has 1 fully saturated rings. The largest absolute Gasteiger partial charge is 0.357 e. The van der Waals surface area contributed by atoms with Crippen LogP contribution in [-0.4, -0.2) is 57.7 Å². The average molecular weight is 304 g/mol. The molecule has 118 valence electrons. The summed E-state index contributed by atoms with van der Waals surface area (Å²) in [5, 5.41) is 6.50. The molecule has 0 saturated carbocycles. The van der Waals surface area contributed by atoms with Crippen LogP contribution in [0.3, 0.4) is 0 Å². The second-order valence-corrected chi connectivity index (χ2v) is 7.23. The smallest absolute Gasteiger partial charge is 0.211 e. The van der Waals surface area contributed by atoms with E-state index in [4.69, 9.17) is 0 Å². The topological polar surface area (TPSA) is 73.8 Å². The quantitative estimate of drug-likeness (QED) is 0.557. The highest BCUT2D eigenvalue weighted by atomic mass is 32.2. The number of rotatable bonds is 6. The summed E-state index contributed by atoms with van der Waals surface area (Å²) in [7, 11) is -3.03. The van der Waals surface area contributed by atoms with E-state index in [-0.39, 0.29) is 0 Å². The predicted octanol–water partition coefficient (Wildman–Crippen LogP) is 0.623. The van der Waals surface area contributed by atoms with Crippen LogP contribution in [0.15, 0.2) is 4.99 Å². The van der Waals surface area contributed by atoms with Gasteiger partial charge in [0.25, 0.3) is 0 Å². The molecule has 0 atom stereocenters. The molecule has 0 spiro atoms. The molecule has 20 heavy (non-hydrogen) atoms. The molecule has 1 aliphatic rings. The van der Waals surface area contributed by atoms with E-state index >= 15 is 0 Å². The molecule has 0 aromatic heterocycles. The molecule has 0 aromatic carbocycles. The number of sulfonamides is 1. The number of nitrogens with zero attached hydrogens (tertiary/aromatic N) is 2. The summed E-state index contributed by atoms with van der Waals surface area (Å²) < 4.78 is 24.4. The normalized spacial score (nSPS) is 19.1. The van der Waals surface area contributed by atoms with Gasteiger partial charge in [0, 0.05) is 32.7 Å². The van der Waals surface area contributed by atoms with Crippen LogP contribution in [0.5, 0.6) is 0 Å². The average Bonchev–Trinajstić information content (AvgIpc) is 2.41. The Bertz CT molecular complexity index is 401. The van der Waals surface area contributed by atoms with Crippen molar-refractivity contribution in [3.8, 4) is 0 Å². The molecular weight excluding hydrogens is 276 g/mol. The van der Waals surface area contributed by atoms with Crippen LogP contribution in [0.25, 0.3) is 0 Å². The summed E-state index contributed by atoms with van der Waals surface area (Å²) >= 11 is 0. The van der Waals surface area contributed by atoms with Gasteiger partial charge in [-0.2, -0.15) is 0 Å². The first-order chi connectivity index (χ1) is 9.47. The summed E-state index contributed by atoms with van der Waals surface area (Å²) in [4.78, 5) is 4.59. The van der Waals surface area contributed by atoms with Gasteiger partial charge in [0.1, 0.15) is 0 Å². The molecule has 6 nitrogen and oxygen atoms in total. The standard InChI is InChI=1S/C13H28N4O2S/c1-4-8-15-13(14-5-2)16-11-12-6-9-17(10-7-12)20(3,18)19/h12H,4-11H2,1-3H3,(H2,14,15,16). The van der Waals surface area contributed by atoms with Crippen LogP contribution in [0.1, 0.15) is 33.1 Å². The highest BCUT2D eigenvalue weighted by molar-refractivity contribution is 7.88. The molecule has 2 N–H and O–H groups in total. The fourth-order valence-corrected chi connectivity index (χ4v) is 3.10. The minimum absolute atomic E-state index is 0.477. The third-order valence-electron chi connectivity index (χ3n) is 3.44. The summed E-state index contributed by atoms with van der Waals surface area (Å²) in [5.74, 6) is 1.34. The molecule has 1 saturated heterocycles. The van der Waals surface area contributed by atoms with E-state index in [9.17, 15) is 8.42 Å². The van der Waals surface area contributed by atoms with Crippen molar-refractivity contribution in [3.63, 3.8) is 0 Å². The van der Waals surface area contributed by atoms with Crippen molar-refractivity contribution in [2.45, 2.75) is 33.1 Å². The SMILES string of the molecule is CCCNC(=NCC1CCN(S(C)(=O)=O)CC1)NCC. The van der Waals surface area contributed by atoms with Crippen molar-refractivity contribution in [1.82, 2.24) is 14.9 Å². The molecule has 7 heteroatoms. The Kier molecular flexibility index (Phi) is 7.29. The number of hydrogen-bond acceptors (Lipinski definition) is 3. The van der Waals surface area contributed by atoms with Crippen molar-refractivity contribution < 1.29 is 8.42 Å². The fraction of sp³-hybridized carbons (Fsp3) is 0.923. The molecule has 0 unspecified atom stereocenters. The molecule has 0 radical (unpaired) electrons. The van der Waals surface area contributed by atoms with Crippen LogP contribution in [0.2, 0.25) is 0 Å².